The molecule has 1 aromatic carbocycles. The van der Waals surface area contributed by atoms with Crippen molar-refractivity contribution in [3.63, 3.8) is 0 Å². The van der Waals surface area contributed by atoms with Crippen LogP contribution in [0.25, 0.3) is 0 Å². The highest BCUT2D eigenvalue weighted by molar-refractivity contribution is 5.27. The van der Waals surface area contributed by atoms with Crippen LogP contribution in [0.4, 0.5) is 0 Å². The zero-order valence-electron chi connectivity index (χ0n) is 10.3. The molecule has 2 heteroatoms. The van der Waals surface area contributed by atoms with E-state index in [1.807, 2.05) is 0 Å². The van der Waals surface area contributed by atoms with E-state index in [-0.39, 0.29) is 0 Å². The predicted octanol–water partition coefficient (Wildman–Crippen LogP) is 2.70. The Morgan fingerprint density at radius 2 is 1.94 bits per heavy atom. The quantitative estimate of drug-likeness (QED) is 0.863. The second-order valence-electron chi connectivity index (χ2n) is 5.27. The maximum absolute atomic E-state index is 5.50. The number of ether oxygens (including phenoxy) is 1. The third-order valence-corrected chi connectivity index (χ3v) is 3.92. The van der Waals surface area contributed by atoms with Crippen molar-refractivity contribution in [2.24, 2.45) is 0 Å². The van der Waals surface area contributed by atoms with E-state index in [0.29, 0.717) is 12.1 Å². The van der Waals surface area contributed by atoms with Gasteiger partial charge >= 0.3 is 0 Å². The first kappa shape index (κ1) is 11.2. The molecule has 0 amide bonds. The summed E-state index contributed by atoms with van der Waals surface area (Å²) in [6.45, 7) is 1.88. The van der Waals surface area contributed by atoms with Gasteiger partial charge < -0.3 is 10.1 Å². The van der Waals surface area contributed by atoms with E-state index in [4.69, 9.17) is 4.74 Å². The van der Waals surface area contributed by atoms with Gasteiger partial charge in [0.2, 0.25) is 0 Å². The van der Waals surface area contributed by atoms with E-state index in [1.165, 1.54) is 31.2 Å². The van der Waals surface area contributed by atoms with Gasteiger partial charge in [-0.15, -0.1) is 0 Å². The zero-order chi connectivity index (χ0) is 11.5. The van der Waals surface area contributed by atoms with Gasteiger partial charge in [-0.25, -0.2) is 0 Å². The molecular weight excluding hydrogens is 210 g/mol. The Bertz CT molecular complexity index is 343. The molecule has 1 aliphatic carbocycles. The number of hydrogen-bond donors (Lipinski definition) is 1. The molecule has 17 heavy (non-hydrogen) atoms. The average molecular weight is 231 g/mol. The van der Waals surface area contributed by atoms with E-state index >= 15 is 0 Å². The van der Waals surface area contributed by atoms with E-state index < -0.39 is 0 Å². The number of rotatable bonds is 3. The Hall–Kier alpha value is -0.860. The SMILES string of the molecule is c1ccc(C2CC2NC2CCCOCC2)cc1. The van der Waals surface area contributed by atoms with Crippen LogP contribution in [0, 0.1) is 0 Å². The Balaban J connectivity index is 1.51. The van der Waals surface area contributed by atoms with Crippen LogP contribution in [0.15, 0.2) is 30.3 Å². The Labute approximate surface area is 103 Å². The van der Waals surface area contributed by atoms with Gasteiger partial charge in [-0.05, 0) is 31.2 Å². The van der Waals surface area contributed by atoms with Gasteiger partial charge in [-0.3, -0.25) is 0 Å². The van der Waals surface area contributed by atoms with Gasteiger partial charge in [0.25, 0.3) is 0 Å². The molecule has 3 atom stereocenters. The smallest absolute Gasteiger partial charge is 0.0480 e. The minimum absolute atomic E-state index is 0.677. The summed E-state index contributed by atoms with van der Waals surface area (Å²) in [6.07, 6.45) is 4.97. The molecule has 0 spiro atoms. The fourth-order valence-corrected chi connectivity index (χ4v) is 2.82. The monoisotopic (exact) mass is 231 g/mol. The van der Waals surface area contributed by atoms with Crippen LogP contribution in [0.5, 0.6) is 0 Å². The number of benzene rings is 1. The van der Waals surface area contributed by atoms with Gasteiger partial charge in [0.15, 0.2) is 0 Å². The molecule has 92 valence electrons. The Kier molecular flexibility index (Phi) is 3.44. The molecule has 1 heterocycles. The highest BCUT2D eigenvalue weighted by Gasteiger charge is 2.39. The van der Waals surface area contributed by atoms with Crippen LogP contribution in [-0.4, -0.2) is 25.3 Å². The fourth-order valence-electron chi connectivity index (χ4n) is 2.82. The number of hydrogen-bond acceptors (Lipinski definition) is 2. The van der Waals surface area contributed by atoms with Crippen molar-refractivity contribution in [2.45, 2.75) is 43.7 Å². The summed E-state index contributed by atoms with van der Waals surface area (Å²) in [5, 5.41) is 3.80. The highest BCUT2D eigenvalue weighted by atomic mass is 16.5. The van der Waals surface area contributed by atoms with Crippen molar-refractivity contribution < 1.29 is 4.74 Å². The average Bonchev–Trinajstić information content (AvgIpc) is 3.16. The van der Waals surface area contributed by atoms with E-state index in [0.717, 1.165) is 19.1 Å². The molecule has 3 unspecified atom stereocenters. The topological polar surface area (TPSA) is 21.3 Å². The molecular formula is C15H21NO. The first-order chi connectivity index (χ1) is 8.43. The van der Waals surface area contributed by atoms with Gasteiger partial charge in [0, 0.05) is 31.2 Å². The second kappa shape index (κ2) is 5.19. The summed E-state index contributed by atoms with van der Waals surface area (Å²) < 4.78 is 5.50. The summed E-state index contributed by atoms with van der Waals surface area (Å²) in [7, 11) is 0. The molecule has 2 nitrogen and oxygen atoms in total. The van der Waals surface area contributed by atoms with Crippen LogP contribution in [0.3, 0.4) is 0 Å². The van der Waals surface area contributed by atoms with E-state index in [1.54, 1.807) is 0 Å². The van der Waals surface area contributed by atoms with Crippen molar-refractivity contribution in [3.05, 3.63) is 35.9 Å². The summed E-state index contributed by atoms with van der Waals surface area (Å²) in [4.78, 5) is 0. The Morgan fingerprint density at radius 3 is 2.82 bits per heavy atom. The normalized spacial score (nSPS) is 33.1. The van der Waals surface area contributed by atoms with E-state index in [9.17, 15) is 0 Å². The molecule has 1 aromatic rings. The minimum Gasteiger partial charge on any atom is -0.381 e. The lowest BCUT2D eigenvalue weighted by Crippen LogP contribution is -2.31. The summed E-state index contributed by atoms with van der Waals surface area (Å²) in [6, 6.07) is 12.3. The maximum atomic E-state index is 5.50. The summed E-state index contributed by atoms with van der Waals surface area (Å²) >= 11 is 0. The largest absolute Gasteiger partial charge is 0.381 e. The summed E-state index contributed by atoms with van der Waals surface area (Å²) in [5.41, 5.74) is 1.50. The van der Waals surface area contributed by atoms with Crippen LogP contribution >= 0.6 is 0 Å². The molecule has 1 saturated carbocycles. The van der Waals surface area contributed by atoms with Gasteiger partial charge in [0.1, 0.15) is 0 Å². The zero-order valence-corrected chi connectivity index (χ0v) is 10.3. The van der Waals surface area contributed by atoms with Crippen molar-refractivity contribution in [1.82, 2.24) is 5.32 Å². The third kappa shape index (κ3) is 2.88. The van der Waals surface area contributed by atoms with Crippen molar-refractivity contribution in [2.75, 3.05) is 13.2 Å². The molecule has 3 rings (SSSR count). The lowest BCUT2D eigenvalue weighted by atomic mass is 10.1. The third-order valence-electron chi connectivity index (χ3n) is 3.92. The van der Waals surface area contributed by atoms with Crippen LogP contribution in [0.1, 0.15) is 37.2 Å². The Morgan fingerprint density at radius 1 is 1.06 bits per heavy atom. The van der Waals surface area contributed by atoms with Crippen molar-refractivity contribution in [3.8, 4) is 0 Å². The molecule has 2 aliphatic rings. The fraction of sp³-hybridized carbons (Fsp3) is 0.600. The van der Waals surface area contributed by atoms with Gasteiger partial charge in [-0.2, -0.15) is 0 Å². The first-order valence-electron chi connectivity index (χ1n) is 6.82. The van der Waals surface area contributed by atoms with Crippen molar-refractivity contribution >= 4 is 0 Å². The summed E-state index contributed by atoms with van der Waals surface area (Å²) in [5.74, 6) is 0.750. The van der Waals surface area contributed by atoms with E-state index in [2.05, 4.69) is 35.6 Å². The molecule has 1 N–H and O–H groups in total. The van der Waals surface area contributed by atoms with Crippen LogP contribution in [0.2, 0.25) is 0 Å². The molecule has 0 aromatic heterocycles. The molecule has 2 fully saturated rings. The molecule has 0 bridgehead atoms. The maximum Gasteiger partial charge on any atom is 0.0480 e. The first-order valence-corrected chi connectivity index (χ1v) is 6.82. The van der Waals surface area contributed by atoms with Crippen LogP contribution in [-0.2, 0) is 4.74 Å². The molecule has 1 aliphatic heterocycles. The van der Waals surface area contributed by atoms with Gasteiger partial charge in [-0.1, -0.05) is 30.3 Å². The predicted molar refractivity (Wildman–Crippen MR) is 69.2 cm³/mol. The molecule has 1 saturated heterocycles. The molecule has 0 radical (unpaired) electrons. The minimum atomic E-state index is 0.677. The standard InChI is InChI=1S/C15H21NO/c1-2-5-12(6-3-1)14-11-15(14)16-13-7-4-9-17-10-8-13/h1-3,5-6,13-16H,4,7-11H2. The second-order valence-corrected chi connectivity index (χ2v) is 5.27. The number of nitrogens with one attached hydrogen (secondary N) is 1. The van der Waals surface area contributed by atoms with Crippen molar-refractivity contribution in [1.29, 1.82) is 0 Å². The van der Waals surface area contributed by atoms with Gasteiger partial charge in [0.05, 0.1) is 0 Å². The lowest BCUT2D eigenvalue weighted by Gasteiger charge is -2.15. The lowest BCUT2D eigenvalue weighted by molar-refractivity contribution is 0.142. The van der Waals surface area contributed by atoms with Crippen LogP contribution < -0.4 is 5.32 Å². The highest BCUT2D eigenvalue weighted by Crippen LogP contribution is 2.41.